The molecule has 1 aromatic heterocycles. The lowest BCUT2D eigenvalue weighted by Crippen LogP contribution is -2.43. The van der Waals surface area contributed by atoms with Gasteiger partial charge in [-0.15, -0.1) is 17.0 Å². The summed E-state index contributed by atoms with van der Waals surface area (Å²) in [6, 6.07) is 8.05. The van der Waals surface area contributed by atoms with E-state index in [4.69, 9.17) is 5.41 Å². The molecule has 0 bridgehead atoms. The lowest BCUT2D eigenvalue weighted by Gasteiger charge is -2.18. The van der Waals surface area contributed by atoms with Crippen LogP contribution in [0.15, 0.2) is 36.5 Å². The molecule has 128 valence electrons. The first-order valence-corrected chi connectivity index (χ1v) is 6.69. The zero-order chi connectivity index (χ0) is 16.6. The smallest absolute Gasteiger partial charge is 0.283 e. The number of halogens is 4. The second kappa shape index (κ2) is 6.63. The zero-order valence-electron chi connectivity index (χ0n) is 12.2. The first-order chi connectivity index (χ1) is 10.8. The van der Waals surface area contributed by atoms with Crippen molar-refractivity contribution in [1.29, 1.82) is 5.41 Å². The van der Waals surface area contributed by atoms with Gasteiger partial charge in [0.25, 0.3) is 5.91 Å². The summed E-state index contributed by atoms with van der Waals surface area (Å²) in [5.41, 5.74) is 3.06. The minimum atomic E-state index is -4.54. The van der Waals surface area contributed by atoms with Gasteiger partial charge in [-0.25, -0.2) is 0 Å². The van der Waals surface area contributed by atoms with Gasteiger partial charge in [0.05, 0.1) is 6.54 Å². The van der Waals surface area contributed by atoms with Crippen molar-refractivity contribution in [1.82, 2.24) is 20.2 Å². The minimum absolute atomic E-state index is 0. The van der Waals surface area contributed by atoms with Crippen molar-refractivity contribution in [3.8, 4) is 0 Å². The number of aromatic nitrogens is 2. The predicted octanol–water partition coefficient (Wildman–Crippen LogP) is 2.35. The minimum Gasteiger partial charge on any atom is -0.283 e. The van der Waals surface area contributed by atoms with Crippen LogP contribution in [-0.4, -0.2) is 26.5 Å². The first kappa shape index (κ1) is 18.0. The number of amides is 1. The van der Waals surface area contributed by atoms with Crippen molar-refractivity contribution < 1.29 is 18.0 Å². The van der Waals surface area contributed by atoms with E-state index in [0.717, 1.165) is 22.5 Å². The summed E-state index contributed by atoms with van der Waals surface area (Å²) >= 11 is 0. The number of carbonyl (C=O) groups is 1. The summed E-state index contributed by atoms with van der Waals surface area (Å²) in [5.74, 6) is -0.412. The van der Waals surface area contributed by atoms with E-state index in [2.05, 4.69) is 10.5 Å². The van der Waals surface area contributed by atoms with Gasteiger partial charge in [0, 0.05) is 11.8 Å². The van der Waals surface area contributed by atoms with Gasteiger partial charge in [0.1, 0.15) is 12.4 Å². The number of hydrogen-bond acceptors (Lipinski definition) is 3. The van der Waals surface area contributed by atoms with Crippen molar-refractivity contribution in [3.63, 3.8) is 0 Å². The molecule has 2 N–H and O–H groups in total. The molecule has 1 aliphatic rings. The van der Waals surface area contributed by atoms with E-state index in [-0.39, 0.29) is 29.4 Å². The normalized spacial score (nSPS) is 13.5. The van der Waals surface area contributed by atoms with Gasteiger partial charge in [-0.2, -0.15) is 18.3 Å². The van der Waals surface area contributed by atoms with Crippen LogP contribution < -0.4 is 5.43 Å². The number of alkyl halides is 3. The number of hydrazine groups is 1. The third kappa shape index (κ3) is 3.58. The number of nitrogens with zero attached hydrogens (tertiary/aromatic N) is 3. The zero-order valence-corrected chi connectivity index (χ0v) is 13.9. The van der Waals surface area contributed by atoms with E-state index in [9.17, 15) is 18.0 Å². The fraction of sp³-hybridized carbons (Fsp3) is 0.214. The van der Waals surface area contributed by atoms with Crippen molar-refractivity contribution in [2.45, 2.75) is 19.3 Å². The van der Waals surface area contributed by atoms with Gasteiger partial charge in [-0.3, -0.25) is 25.3 Å². The van der Waals surface area contributed by atoms with Crippen LogP contribution in [0.1, 0.15) is 16.8 Å². The SMILES string of the molecule is Br.N=C1c2ccccc2CN1NC(=O)Cn1ccc(C(F)(F)F)n1. The second-order valence-corrected chi connectivity index (χ2v) is 5.02. The third-order valence-electron chi connectivity index (χ3n) is 3.37. The van der Waals surface area contributed by atoms with E-state index >= 15 is 0 Å². The Morgan fingerprint density at radius 2 is 2.00 bits per heavy atom. The molecule has 10 heteroatoms. The Balaban J connectivity index is 0.00000208. The largest absolute Gasteiger partial charge is 0.435 e. The van der Waals surface area contributed by atoms with Crippen molar-refractivity contribution >= 4 is 28.7 Å². The number of carbonyl (C=O) groups excluding carboxylic acids is 1. The van der Waals surface area contributed by atoms with Crippen LogP contribution in [0.4, 0.5) is 13.2 Å². The fourth-order valence-corrected chi connectivity index (χ4v) is 2.31. The van der Waals surface area contributed by atoms with Crippen LogP contribution in [0.2, 0.25) is 0 Å². The van der Waals surface area contributed by atoms with E-state index < -0.39 is 17.8 Å². The number of fused-ring (bicyclic) bond motifs is 1. The number of hydrogen-bond donors (Lipinski definition) is 2. The molecule has 0 spiro atoms. The van der Waals surface area contributed by atoms with Gasteiger partial charge in [0.2, 0.25) is 0 Å². The topological polar surface area (TPSA) is 74.0 Å². The summed E-state index contributed by atoms with van der Waals surface area (Å²) in [6.45, 7) is -0.0239. The highest BCUT2D eigenvalue weighted by atomic mass is 79.9. The molecule has 2 heterocycles. The van der Waals surface area contributed by atoms with E-state index in [1.54, 1.807) is 12.1 Å². The number of benzene rings is 1. The molecule has 0 saturated carbocycles. The van der Waals surface area contributed by atoms with Crippen LogP contribution in [0, 0.1) is 5.41 Å². The molecule has 0 fully saturated rings. The molecule has 3 rings (SSSR count). The standard InChI is InChI=1S/C14H12F3N5O.BrH/c15-14(16,17)11-5-6-21(19-11)8-12(23)20-22-7-9-3-1-2-4-10(9)13(22)18;/h1-6,18H,7-8H2,(H,20,23);1H. The molecule has 1 aromatic carbocycles. The van der Waals surface area contributed by atoms with Crippen molar-refractivity contribution in [2.24, 2.45) is 0 Å². The van der Waals surface area contributed by atoms with E-state index in [1.165, 1.54) is 5.01 Å². The summed E-state index contributed by atoms with van der Waals surface area (Å²) in [5, 5.41) is 12.6. The molecule has 1 aliphatic heterocycles. The fourth-order valence-electron chi connectivity index (χ4n) is 2.31. The maximum Gasteiger partial charge on any atom is 0.435 e. The van der Waals surface area contributed by atoms with Crippen molar-refractivity contribution in [2.75, 3.05) is 0 Å². The molecule has 24 heavy (non-hydrogen) atoms. The van der Waals surface area contributed by atoms with Gasteiger partial charge >= 0.3 is 6.18 Å². The van der Waals surface area contributed by atoms with Crippen LogP contribution in [0.3, 0.4) is 0 Å². The van der Waals surface area contributed by atoms with Crippen LogP contribution in [0.5, 0.6) is 0 Å². The van der Waals surface area contributed by atoms with E-state index in [0.29, 0.717) is 12.1 Å². The van der Waals surface area contributed by atoms with Crippen molar-refractivity contribution in [3.05, 3.63) is 53.3 Å². The third-order valence-corrected chi connectivity index (χ3v) is 3.37. The molecular formula is C14H13BrF3N5O. The summed E-state index contributed by atoms with van der Waals surface area (Å²) in [7, 11) is 0. The highest BCUT2D eigenvalue weighted by Gasteiger charge is 2.33. The predicted molar refractivity (Wildman–Crippen MR) is 84.5 cm³/mol. The van der Waals surface area contributed by atoms with Crippen LogP contribution in [0.25, 0.3) is 0 Å². The molecule has 0 radical (unpaired) electrons. The summed E-state index contributed by atoms with van der Waals surface area (Å²) in [6.07, 6.45) is -3.45. The van der Waals surface area contributed by atoms with Crippen LogP contribution >= 0.6 is 17.0 Å². The highest BCUT2D eigenvalue weighted by Crippen LogP contribution is 2.27. The molecule has 0 atom stereocenters. The Bertz CT molecular complexity index is 774. The van der Waals surface area contributed by atoms with Crippen LogP contribution in [-0.2, 0) is 24.1 Å². The lowest BCUT2D eigenvalue weighted by molar-refractivity contribution is -0.141. The molecule has 0 aliphatic carbocycles. The molecule has 0 unspecified atom stereocenters. The molecule has 2 aromatic rings. The first-order valence-electron chi connectivity index (χ1n) is 6.69. The summed E-state index contributed by atoms with van der Waals surface area (Å²) in [4.78, 5) is 11.9. The second-order valence-electron chi connectivity index (χ2n) is 5.02. The molecular weight excluding hydrogens is 391 g/mol. The average molecular weight is 404 g/mol. The Hall–Kier alpha value is -2.36. The van der Waals surface area contributed by atoms with Gasteiger partial charge < -0.3 is 0 Å². The highest BCUT2D eigenvalue weighted by molar-refractivity contribution is 8.93. The van der Waals surface area contributed by atoms with E-state index in [1.807, 2.05) is 12.1 Å². The van der Waals surface area contributed by atoms with Gasteiger partial charge in [-0.05, 0) is 11.6 Å². The molecule has 1 amide bonds. The number of nitrogens with one attached hydrogen (secondary N) is 2. The molecule has 6 nitrogen and oxygen atoms in total. The number of amidine groups is 1. The Labute approximate surface area is 145 Å². The Morgan fingerprint density at radius 1 is 1.29 bits per heavy atom. The van der Waals surface area contributed by atoms with Gasteiger partial charge in [0.15, 0.2) is 5.69 Å². The molecule has 0 saturated heterocycles. The Morgan fingerprint density at radius 3 is 2.62 bits per heavy atom. The monoisotopic (exact) mass is 403 g/mol. The summed E-state index contributed by atoms with van der Waals surface area (Å²) < 4.78 is 38.3. The maximum atomic E-state index is 12.5. The Kier molecular flexibility index (Phi) is 4.97. The maximum absolute atomic E-state index is 12.5. The quantitative estimate of drug-likeness (QED) is 0.825. The van der Waals surface area contributed by atoms with Gasteiger partial charge in [-0.1, -0.05) is 24.3 Å². The lowest BCUT2D eigenvalue weighted by atomic mass is 10.1. The average Bonchev–Trinajstić information content (AvgIpc) is 3.05. The number of rotatable bonds is 3.